The molecule has 166 valence electrons. The first-order valence-electron chi connectivity index (χ1n) is 11.4. The van der Waals surface area contributed by atoms with E-state index >= 15 is 0 Å². The Bertz CT molecular complexity index is 1020. The molecule has 2 bridgehead atoms. The molecule has 4 heterocycles. The van der Waals surface area contributed by atoms with Gasteiger partial charge in [0.2, 0.25) is 5.91 Å². The van der Waals surface area contributed by atoms with Crippen LogP contribution in [0.1, 0.15) is 24.1 Å². The molecule has 3 fully saturated rings. The number of nitrogens with zero attached hydrogens (tertiary/aromatic N) is 4. The second-order valence-corrected chi connectivity index (χ2v) is 8.78. The summed E-state index contributed by atoms with van der Waals surface area (Å²) in [6.07, 6.45) is 4.09. The number of benzene rings is 2. The lowest BCUT2D eigenvalue weighted by Gasteiger charge is -2.49. The second-order valence-electron chi connectivity index (χ2n) is 8.78. The smallest absolute Gasteiger partial charge is 0.224 e. The van der Waals surface area contributed by atoms with Gasteiger partial charge in [-0.15, -0.1) is 5.10 Å². The van der Waals surface area contributed by atoms with Gasteiger partial charge in [0.05, 0.1) is 18.7 Å². The monoisotopic (exact) mass is 431 g/mol. The van der Waals surface area contributed by atoms with Crippen molar-refractivity contribution in [3.8, 4) is 5.75 Å². The summed E-state index contributed by atoms with van der Waals surface area (Å²) in [5.74, 6) is 1.52. The fourth-order valence-corrected chi connectivity index (χ4v) is 4.93. The maximum absolute atomic E-state index is 12.8. The topological polar surface area (TPSA) is 72.3 Å². The first-order valence-corrected chi connectivity index (χ1v) is 11.4. The fourth-order valence-electron chi connectivity index (χ4n) is 4.93. The molecule has 0 spiro atoms. The van der Waals surface area contributed by atoms with Crippen LogP contribution in [0.2, 0.25) is 0 Å². The lowest BCUT2D eigenvalue weighted by molar-refractivity contribution is -0.133. The Labute approximate surface area is 188 Å². The quantitative estimate of drug-likeness (QED) is 0.594. The van der Waals surface area contributed by atoms with Gasteiger partial charge >= 0.3 is 0 Å². The summed E-state index contributed by atoms with van der Waals surface area (Å²) in [6.45, 7) is 3.68. The molecule has 3 aromatic rings. The molecule has 2 aromatic carbocycles. The number of carbonyl (C=O) groups is 1. The number of para-hydroxylation sites is 1. The molecule has 7 heteroatoms. The molecule has 3 aliphatic rings. The normalized spacial score (nSPS) is 24.2. The van der Waals surface area contributed by atoms with Crippen LogP contribution in [0.5, 0.6) is 5.75 Å². The van der Waals surface area contributed by atoms with Crippen LogP contribution in [0.15, 0.2) is 66.9 Å². The molecule has 1 unspecified atom stereocenters. The Morgan fingerprint density at radius 3 is 2.62 bits per heavy atom. The average Bonchev–Trinajstić information content (AvgIpc) is 3.30. The van der Waals surface area contributed by atoms with Crippen molar-refractivity contribution in [3.63, 3.8) is 0 Å². The van der Waals surface area contributed by atoms with Crippen molar-refractivity contribution in [2.75, 3.05) is 13.1 Å². The van der Waals surface area contributed by atoms with Crippen LogP contribution in [-0.4, -0.2) is 44.9 Å². The number of ether oxygens (including phenoxy) is 1. The van der Waals surface area contributed by atoms with Crippen molar-refractivity contribution in [3.05, 3.63) is 78.1 Å². The van der Waals surface area contributed by atoms with Gasteiger partial charge in [-0.25, -0.2) is 0 Å². The van der Waals surface area contributed by atoms with Crippen LogP contribution in [-0.2, 0) is 24.5 Å². The standard InChI is InChI=1S/C25H29N5O2/c31-25(26-14-19-7-3-1-4-8-19)24-17-29-12-11-20(24)13-22(29)16-30-15-21(27-28-30)18-32-23-9-5-2-6-10-23/h1-10,15,20,22,24H,11-14,16-18H2,(H,26,31)/t20-,22+,24+/m0/s1. The SMILES string of the molecule is O=C(NCc1ccccc1)[C@@H]1CN2CC[C@H]1C[C@@H]2Cn1cc(COc2ccccc2)nn1. The zero-order chi connectivity index (χ0) is 21.8. The summed E-state index contributed by atoms with van der Waals surface area (Å²) in [5.41, 5.74) is 1.96. The minimum atomic E-state index is 0.0780. The van der Waals surface area contributed by atoms with Crippen LogP contribution in [0, 0.1) is 11.8 Å². The van der Waals surface area contributed by atoms with Crippen molar-refractivity contribution >= 4 is 5.91 Å². The summed E-state index contributed by atoms with van der Waals surface area (Å²) < 4.78 is 7.69. The van der Waals surface area contributed by atoms with Crippen LogP contribution in [0.4, 0.5) is 0 Å². The lowest BCUT2D eigenvalue weighted by Crippen LogP contribution is -2.58. The molecule has 6 rings (SSSR count). The van der Waals surface area contributed by atoms with E-state index in [1.807, 2.05) is 71.5 Å². The van der Waals surface area contributed by atoms with Gasteiger partial charge < -0.3 is 10.1 Å². The molecule has 3 aliphatic heterocycles. The van der Waals surface area contributed by atoms with Crippen molar-refractivity contribution in [1.82, 2.24) is 25.2 Å². The van der Waals surface area contributed by atoms with Crippen molar-refractivity contribution in [1.29, 1.82) is 0 Å². The molecule has 1 N–H and O–H groups in total. The Kier molecular flexibility index (Phi) is 6.16. The van der Waals surface area contributed by atoms with E-state index in [4.69, 9.17) is 4.74 Å². The van der Waals surface area contributed by atoms with Gasteiger partial charge in [-0.1, -0.05) is 53.7 Å². The molecular formula is C25H29N5O2. The van der Waals surface area contributed by atoms with Gasteiger partial charge in [-0.2, -0.15) is 0 Å². The molecule has 0 aliphatic carbocycles. The largest absolute Gasteiger partial charge is 0.487 e. The molecule has 0 saturated carbocycles. The van der Waals surface area contributed by atoms with E-state index in [1.165, 1.54) is 0 Å². The Hall–Kier alpha value is -3.19. The van der Waals surface area contributed by atoms with Gasteiger partial charge in [0.15, 0.2) is 0 Å². The zero-order valence-corrected chi connectivity index (χ0v) is 18.1. The molecule has 1 amide bonds. The van der Waals surface area contributed by atoms with E-state index in [1.54, 1.807) is 0 Å². The second kappa shape index (κ2) is 9.53. The highest BCUT2D eigenvalue weighted by Crippen LogP contribution is 2.37. The molecule has 4 atom stereocenters. The van der Waals surface area contributed by atoms with Crippen molar-refractivity contribution < 1.29 is 9.53 Å². The minimum absolute atomic E-state index is 0.0780. The summed E-state index contributed by atoms with van der Waals surface area (Å²) in [7, 11) is 0. The van der Waals surface area contributed by atoms with E-state index in [2.05, 4.69) is 20.5 Å². The number of fused-ring (bicyclic) bond motifs is 3. The first-order chi connectivity index (χ1) is 15.7. The third kappa shape index (κ3) is 4.83. The highest BCUT2D eigenvalue weighted by atomic mass is 16.5. The number of rotatable bonds is 8. The number of amides is 1. The van der Waals surface area contributed by atoms with Crippen molar-refractivity contribution in [2.45, 2.75) is 38.6 Å². The molecule has 1 aromatic heterocycles. The van der Waals surface area contributed by atoms with E-state index in [9.17, 15) is 4.79 Å². The molecule has 3 saturated heterocycles. The third-order valence-electron chi connectivity index (χ3n) is 6.64. The molecule has 0 radical (unpaired) electrons. The number of hydrogen-bond acceptors (Lipinski definition) is 5. The Morgan fingerprint density at radius 1 is 1.09 bits per heavy atom. The molecule has 7 nitrogen and oxygen atoms in total. The molecule has 32 heavy (non-hydrogen) atoms. The zero-order valence-electron chi connectivity index (χ0n) is 18.1. The number of piperidine rings is 3. The van der Waals surface area contributed by atoms with Gasteiger partial charge in [0.1, 0.15) is 18.1 Å². The third-order valence-corrected chi connectivity index (χ3v) is 6.64. The van der Waals surface area contributed by atoms with Gasteiger partial charge in [-0.3, -0.25) is 14.4 Å². The maximum atomic E-state index is 12.8. The fraction of sp³-hybridized carbons (Fsp3) is 0.400. The number of hydrogen-bond donors (Lipinski definition) is 1. The highest BCUT2D eigenvalue weighted by molar-refractivity contribution is 5.79. The van der Waals surface area contributed by atoms with Crippen LogP contribution in [0.25, 0.3) is 0 Å². The Morgan fingerprint density at radius 2 is 1.88 bits per heavy atom. The predicted molar refractivity (Wildman–Crippen MR) is 121 cm³/mol. The molecular weight excluding hydrogens is 402 g/mol. The lowest BCUT2D eigenvalue weighted by atomic mass is 9.75. The summed E-state index contributed by atoms with van der Waals surface area (Å²) in [6, 6.07) is 20.2. The summed E-state index contributed by atoms with van der Waals surface area (Å²) >= 11 is 0. The van der Waals surface area contributed by atoms with Gasteiger partial charge in [0.25, 0.3) is 0 Å². The number of carbonyl (C=O) groups excluding carboxylic acids is 1. The van der Waals surface area contributed by atoms with Crippen LogP contribution >= 0.6 is 0 Å². The Balaban J connectivity index is 1.12. The maximum Gasteiger partial charge on any atom is 0.224 e. The van der Waals surface area contributed by atoms with Crippen LogP contribution < -0.4 is 10.1 Å². The van der Waals surface area contributed by atoms with E-state index < -0.39 is 0 Å². The summed E-state index contributed by atoms with van der Waals surface area (Å²) in [5, 5.41) is 11.7. The highest BCUT2D eigenvalue weighted by Gasteiger charge is 2.43. The van der Waals surface area contributed by atoms with Crippen LogP contribution in [0.3, 0.4) is 0 Å². The van der Waals surface area contributed by atoms with Gasteiger partial charge in [-0.05, 0) is 43.0 Å². The van der Waals surface area contributed by atoms with E-state index in [0.29, 0.717) is 25.1 Å². The van der Waals surface area contributed by atoms with Gasteiger partial charge in [0, 0.05) is 19.1 Å². The van der Waals surface area contributed by atoms with E-state index in [-0.39, 0.29) is 11.8 Å². The first kappa shape index (κ1) is 20.7. The summed E-state index contributed by atoms with van der Waals surface area (Å²) in [4.78, 5) is 15.3. The number of aromatic nitrogens is 3. The minimum Gasteiger partial charge on any atom is -0.487 e. The van der Waals surface area contributed by atoms with Crippen molar-refractivity contribution in [2.24, 2.45) is 11.8 Å². The number of nitrogens with one attached hydrogen (secondary N) is 1. The predicted octanol–water partition coefficient (Wildman–Crippen LogP) is 2.88. The average molecular weight is 432 g/mol. The van der Waals surface area contributed by atoms with E-state index in [0.717, 1.165) is 49.5 Å².